The van der Waals surface area contributed by atoms with E-state index in [0.717, 1.165) is 23.8 Å². The maximum atomic E-state index is 13.7. The average Bonchev–Trinajstić information content (AvgIpc) is 3.13. The lowest BCUT2D eigenvalue weighted by molar-refractivity contribution is -0.115. The second-order valence-electron chi connectivity index (χ2n) is 4.52. The number of carbonyl (C=O) groups is 1. The van der Waals surface area contributed by atoms with Crippen LogP contribution in [-0.4, -0.2) is 10.9 Å². The zero-order chi connectivity index (χ0) is 15.5. The van der Waals surface area contributed by atoms with Gasteiger partial charge in [-0.15, -0.1) is 11.3 Å². The van der Waals surface area contributed by atoms with E-state index in [9.17, 15) is 13.6 Å². The molecule has 0 spiro atoms. The number of benzene rings is 1. The smallest absolute Gasteiger partial charge is 0.230 e. The fourth-order valence-corrected chi connectivity index (χ4v) is 3.29. The second-order valence-corrected chi connectivity index (χ2v) is 6.16. The van der Waals surface area contributed by atoms with E-state index in [1.807, 2.05) is 16.8 Å². The molecule has 0 saturated carbocycles. The first-order valence-electron chi connectivity index (χ1n) is 6.34. The van der Waals surface area contributed by atoms with Crippen molar-refractivity contribution in [3.63, 3.8) is 0 Å². The Bertz CT molecular complexity index is 800. The Hall–Kier alpha value is -2.12. The Kier molecular flexibility index (Phi) is 4.26. The second kappa shape index (κ2) is 6.33. The molecule has 2 heterocycles. The zero-order valence-corrected chi connectivity index (χ0v) is 12.8. The van der Waals surface area contributed by atoms with E-state index in [1.165, 1.54) is 22.7 Å². The van der Waals surface area contributed by atoms with Gasteiger partial charge >= 0.3 is 0 Å². The molecule has 0 saturated heterocycles. The highest BCUT2D eigenvalue weighted by Gasteiger charge is 2.12. The van der Waals surface area contributed by atoms with Crippen molar-refractivity contribution in [3.05, 3.63) is 57.6 Å². The Labute approximate surface area is 133 Å². The number of anilines is 1. The monoisotopic (exact) mass is 336 g/mol. The normalized spacial score (nSPS) is 10.6. The highest BCUT2D eigenvalue weighted by Crippen LogP contribution is 2.27. The topological polar surface area (TPSA) is 42.0 Å². The maximum absolute atomic E-state index is 13.7. The number of thiophene rings is 1. The van der Waals surface area contributed by atoms with Crippen LogP contribution in [0.4, 0.5) is 13.9 Å². The third-order valence-electron chi connectivity index (χ3n) is 2.90. The first kappa shape index (κ1) is 14.8. The molecule has 0 radical (unpaired) electrons. The van der Waals surface area contributed by atoms with E-state index in [2.05, 4.69) is 10.3 Å². The molecule has 0 fully saturated rings. The summed E-state index contributed by atoms with van der Waals surface area (Å²) < 4.78 is 26.9. The van der Waals surface area contributed by atoms with Gasteiger partial charge in [0.15, 0.2) is 5.13 Å². The van der Waals surface area contributed by atoms with E-state index in [-0.39, 0.29) is 17.9 Å². The number of rotatable bonds is 4. The molecule has 2 aromatic heterocycles. The molecular weight excluding hydrogens is 326 g/mol. The minimum atomic E-state index is -0.553. The molecule has 0 aliphatic heterocycles. The molecule has 112 valence electrons. The van der Waals surface area contributed by atoms with Crippen LogP contribution < -0.4 is 5.32 Å². The number of nitrogens with one attached hydrogen (secondary N) is 1. The molecule has 7 heteroatoms. The zero-order valence-electron chi connectivity index (χ0n) is 11.2. The van der Waals surface area contributed by atoms with Gasteiger partial charge in [0.05, 0.1) is 12.1 Å². The van der Waals surface area contributed by atoms with Gasteiger partial charge in [-0.05, 0) is 40.6 Å². The SMILES string of the molecule is O=C(Cc1ccsc1)Nc1nc(-c2cc(F)ccc2F)cs1. The van der Waals surface area contributed by atoms with Crippen molar-refractivity contribution in [2.45, 2.75) is 6.42 Å². The summed E-state index contributed by atoms with van der Waals surface area (Å²) in [7, 11) is 0. The van der Waals surface area contributed by atoms with Crippen LogP contribution in [0.5, 0.6) is 0 Å². The lowest BCUT2D eigenvalue weighted by atomic mass is 10.1. The summed E-state index contributed by atoms with van der Waals surface area (Å²) in [5.74, 6) is -1.28. The molecule has 0 bridgehead atoms. The number of amides is 1. The van der Waals surface area contributed by atoms with Crippen molar-refractivity contribution >= 4 is 33.7 Å². The van der Waals surface area contributed by atoms with Gasteiger partial charge in [-0.3, -0.25) is 4.79 Å². The van der Waals surface area contributed by atoms with Crippen LogP contribution >= 0.6 is 22.7 Å². The molecule has 3 rings (SSSR count). The quantitative estimate of drug-likeness (QED) is 0.770. The van der Waals surface area contributed by atoms with Crippen LogP contribution in [0.2, 0.25) is 0 Å². The van der Waals surface area contributed by atoms with Crippen LogP contribution in [0.15, 0.2) is 40.4 Å². The fraction of sp³-hybridized carbons (Fsp3) is 0.0667. The fourth-order valence-electron chi connectivity index (χ4n) is 1.89. The summed E-state index contributed by atoms with van der Waals surface area (Å²) in [5, 5.41) is 8.40. The minimum Gasteiger partial charge on any atom is -0.302 e. The first-order valence-corrected chi connectivity index (χ1v) is 8.16. The first-order chi connectivity index (χ1) is 10.6. The molecule has 1 aromatic carbocycles. The number of aromatic nitrogens is 1. The molecule has 3 nitrogen and oxygen atoms in total. The van der Waals surface area contributed by atoms with Crippen molar-refractivity contribution in [2.75, 3.05) is 5.32 Å². The van der Waals surface area contributed by atoms with E-state index in [4.69, 9.17) is 0 Å². The number of thiazole rings is 1. The van der Waals surface area contributed by atoms with Gasteiger partial charge < -0.3 is 5.32 Å². The predicted octanol–water partition coefficient (Wildman–Crippen LogP) is 4.33. The largest absolute Gasteiger partial charge is 0.302 e. The third kappa shape index (κ3) is 3.37. The van der Waals surface area contributed by atoms with Gasteiger partial charge in [0.2, 0.25) is 5.91 Å². The third-order valence-corrected chi connectivity index (χ3v) is 4.39. The number of hydrogen-bond acceptors (Lipinski definition) is 4. The van der Waals surface area contributed by atoms with Crippen LogP contribution in [0.3, 0.4) is 0 Å². The highest BCUT2D eigenvalue weighted by atomic mass is 32.1. The average molecular weight is 336 g/mol. The number of halogens is 2. The van der Waals surface area contributed by atoms with Crippen LogP contribution in [0.25, 0.3) is 11.3 Å². The summed E-state index contributed by atoms with van der Waals surface area (Å²) in [4.78, 5) is 16.0. The molecular formula is C15H10F2N2OS2. The molecule has 0 unspecified atom stereocenters. The molecule has 22 heavy (non-hydrogen) atoms. The predicted molar refractivity (Wildman–Crippen MR) is 84.1 cm³/mol. The van der Waals surface area contributed by atoms with E-state index >= 15 is 0 Å². The van der Waals surface area contributed by atoms with E-state index in [1.54, 1.807) is 5.38 Å². The van der Waals surface area contributed by atoms with E-state index < -0.39 is 11.6 Å². The molecule has 0 aliphatic carbocycles. The Morgan fingerprint density at radius 3 is 2.86 bits per heavy atom. The van der Waals surface area contributed by atoms with Crippen molar-refractivity contribution in [1.29, 1.82) is 0 Å². The Morgan fingerprint density at radius 1 is 1.23 bits per heavy atom. The van der Waals surface area contributed by atoms with Gasteiger partial charge in [-0.2, -0.15) is 11.3 Å². The molecule has 0 atom stereocenters. The summed E-state index contributed by atoms with van der Waals surface area (Å²) in [5.41, 5.74) is 1.30. The summed E-state index contributed by atoms with van der Waals surface area (Å²) in [6.45, 7) is 0. The maximum Gasteiger partial charge on any atom is 0.230 e. The van der Waals surface area contributed by atoms with E-state index in [0.29, 0.717) is 10.8 Å². The van der Waals surface area contributed by atoms with Crippen LogP contribution in [-0.2, 0) is 11.2 Å². The number of nitrogens with zero attached hydrogens (tertiary/aromatic N) is 1. The molecule has 0 aliphatic rings. The highest BCUT2D eigenvalue weighted by molar-refractivity contribution is 7.14. The minimum absolute atomic E-state index is 0.0783. The van der Waals surface area contributed by atoms with Crippen molar-refractivity contribution in [3.8, 4) is 11.3 Å². The van der Waals surface area contributed by atoms with Gasteiger partial charge in [0.25, 0.3) is 0 Å². The summed E-state index contributed by atoms with van der Waals surface area (Å²) >= 11 is 2.69. The van der Waals surface area contributed by atoms with Gasteiger partial charge in [0.1, 0.15) is 11.6 Å². The van der Waals surface area contributed by atoms with Crippen molar-refractivity contribution < 1.29 is 13.6 Å². The Morgan fingerprint density at radius 2 is 2.09 bits per heavy atom. The van der Waals surface area contributed by atoms with Crippen molar-refractivity contribution in [2.24, 2.45) is 0 Å². The molecule has 3 aromatic rings. The van der Waals surface area contributed by atoms with Gasteiger partial charge in [-0.25, -0.2) is 13.8 Å². The number of carbonyl (C=O) groups excluding carboxylic acids is 1. The summed E-state index contributed by atoms with van der Waals surface area (Å²) in [6, 6.07) is 5.06. The lowest BCUT2D eigenvalue weighted by Crippen LogP contribution is -2.13. The van der Waals surface area contributed by atoms with Crippen LogP contribution in [0, 0.1) is 11.6 Å². The van der Waals surface area contributed by atoms with Gasteiger partial charge in [-0.1, -0.05) is 0 Å². The standard InChI is InChI=1S/C15H10F2N2OS2/c16-10-1-2-12(17)11(6-10)13-8-22-15(18-13)19-14(20)5-9-3-4-21-7-9/h1-4,6-8H,5H2,(H,18,19,20). The molecule has 1 amide bonds. The molecule has 1 N–H and O–H groups in total. The van der Waals surface area contributed by atoms with Crippen molar-refractivity contribution in [1.82, 2.24) is 4.98 Å². The lowest BCUT2D eigenvalue weighted by Gasteiger charge is -2.01. The Balaban J connectivity index is 1.73. The van der Waals surface area contributed by atoms with Crippen LogP contribution in [0.1, 0.15) is 5.56 Å². The summed E-state index contributed by atoms with van der Waals surface area (Å²) in [6.07, 6.45) is 0.257. The van der Waals surface area contributed by atoms with Gasteiger partial charge in [0, 0.05) is 10.9 Å². The number of hydrogen-bond donors (Lipinski definition) is 1.